The molecule has 0 unspecified atom stereocenters. The Balaban J connectivity index is 1.68. The summed E-state index contributed by atoms with van der Waals surface area (Å²) in [5.41, 5.74) is -5.90. The average Bonchev–Trinajstić information content (AvgIpc) is 3.12. The number of carbonyl (C=O) groups is 3. The predicted molar refractivity (Wildman–Crippen MR) is 186 cm³/mol. The molecule has 5 rings (SSSR count). The lowest BCUT2D eigenvalue weighted by atomic mass is 9.58. The summed E-state index contributed by atoms with van der Waals surface area (Å²) in [5, 5.41) is 87.6. The van der Waals surface area contributed by atoms with Gasteiger partial charge in [-0.25, -0.2) is 14.4 Å². The highest BCUT2D eigenvalue weighted by molar-refractivity contribution is 5.90. The molecule has 1 saturated heterocycles. The lowest BCUT2D eigenvalue weighted by Crippen LogP contribution is -2.83. The van der Waals surface area contributed by atoms with Crippen molar-refractivity contribution in [2.24, 2.45) is 5.92 Å². The van der Waals surface area contributed by atoms with Gasteiger partial charge in [-0.1, -0.05) is 37.3 Å². The number of aliphatic hydroxyl groups is 3. The number of aliphatic hydroxyl groups excluding tert-OH is 1. The number of hydrogen-bond acceptors (Lipinski definition) is 14. The average molecular weight is 736 g/mol. The topological polar surface area (TPSA) is 253 Å². The largest absolute Gasteiger partial charge is 0.507 e. The third-order valence-electron chi connectivity index (χ3n) is 9.89. The van der Waals surface area contributed by atoms with Crippen LogP contribution in [0.3, 0.4) is 0 Å². The second-order valence-corrected chi connectivity index (χ2v) is 13.0. The van der Waals surface area contributed by atoms with Gasteiger partial charge in [-0.2, -0.15) is 0 Å². The molecule has 15 heteroatoms. The molecule has 9 N–H and O–H groups in total. The number of rotatable bonds is 11. The van der Waals surface area contributed by atoms with Gasteiger partial charge in [-0.15, -0.1) is 0 Å². The van der Waals surface area contributed by atoms with Crippen molar-refractivity contribution in [1.82, 2.24) is 5.32 Å². The number of carboxylic acid groups (broad SMARTS) is 1. The number of carbonyl (C=O) groups excluding carboxylic acids is 2. The van der Waals surface area contributed by atoms with E-state index in [1.54, 1.807) is 18.2 Å². The summed E-state index contributed by atoms with van der Waals surface area (Å²) in [7, 11) is 1.34. The number of benzene rings is 3. The van der Waals surface area contributed by atoms with E-state index >= 15 is 0 Å². The summed E-state index contributed by atoms with van der Waals surface area (Å²) in [5.74, 6) is -8.51. The molecule has 1 aliphatic heterocycles. The fraction of sp³-hybridized carbons (Fsp3) is 0.342. The van der Waals surface area contributed by atoms with E-state index in [1.165, 1.54) is 37.4 Å². The molecule has 0 radical (unpaired) electrons. The molecule has 53 heavy (non-hydrogen) atoms. The normalized spacial score (nSPS) is 27.2. The van der Waals surface area contributed by atoms with E-state index < -0.39 is 88.1 Å². The number of phenols is 4. The standard InChI is InChI=1S/C38H41NO14/c1-3-21-5-4-6-23(15-21)16-25-34(52-33(46)19-28(42)24-9-11-27(41)30(44)18-24)38(53-32(45)12-8-22-7-10-26(40)29(43)17-22)31(20-36(25,49)35(47)48)51-14-13-37(38,50)39-2/h4-12,15,17-19,25,31,34,39-44,49-50H,3,13-14,16,20H2,1-2H3,(H,47,48)/b12-8+,28-19-/t25-,31-,34-,36-,37+,38+/m1/s1. The van der Waals surface area contributed by atoms with Crippen LogP contribution in [0.2, 0.25) is 0 Å². The maximum absolute atomic E-state index is 13.8. The molecule has 1 saturated carbocycles. The number of esters is 2. The first-order chi connectivity index (χ1) is 25.1. The predicted octanol–water partition coefficient (Wildman–Crippen LogP) is 2.65. The summed E-state index contributed by atoms with van der Waals surface area (Å²) in [6.45, 7) is 1.71. The molecule has 0 amide bonds. The van der Waals surface area contributed by atoms with Gasteiger partial charge in [0.25, 0.3) is 0 Å². The highest BCUT2D eigenvalue weighted by Crippen LogP contribution is 2.53. The van der Waals surface area contributed by atoms with Gasteiger partial charge in [0.1, 0.15) is 11.9 Å². The van der Waals surface area contributed by atoms with Gasteiger partial charge in [0.15, 0.2) is 40.4 Å². The van der Waals surface area contributed by atoms with Crippen LogP contribution in [0.1, 0.15) is 42.0 Å². The number of aromatic hydroxyl groups is 4. The van der Waals surface area contributed by atoms with Gasteiger partial charge in [-0.05, 0) is 73.0 Å². The molecule has 282 valence electrons. The summed E-state index contributed by atoms with van der Waals surface area (Å²) in [6, 6.07) is 14.0. The zero-order chi connectivity index (χ0) is 38.7. The van der Waals surface area contributed by atoms with Gasteiger partial charge in [0, 0.05) is 30.4 Å². The Morgan fingerprint density at radius 2 is 1.58 bits per heavy atom. The highest BCUT2D eigenvalue weighted by Gasteiger charge is 2.75. The Labute approximate surface area is 303 Å². The summed E-state index contributed by atoms with van der Waals surface area (Å²) in [6.07, 6.45) is -1.50. The lowest BCUT2D eigenvalue weighted by Gasteiger charge is -2.61. The SMILES string of the molecule is CCc1cccc(C[C@@H]2[C@@H](OC(=O)/C=C(\O)c3ccc(O)c(O)c3)[C@@]3(OC(=O)/C=C/c4ccc(O)c(O)c4)[C@@H](C[C@]2(O)C(=O)O)OCC[C@@]3(O)NC)c1. The van der Waals surface area contributed by atoms with Crippen LogP contribution in [0.4, 0.5) is 0 Å². The number of likely N-dealkylation sites (N-methyl/N-ethyl adjacent to an activating group) is 1. The lowest BCUT2D eigenvalue weighted by molar-refractivity contribution is -0.339. The quantitative estimate of drug-likeness (QED) is 0.0451. The van der Waals surface area contributed by atoms with Crippen LogP contribution < -0.4 is 5.32 Å². The summed E-state index contributed by atoms with van der Waals surface area (Å²) in [4.78, 5) is 40.5. The first kappa shape index (κ1) is 38.6. The molecule has 3 aromatic rings. The first-order valence-electron chi connectivity index (χ1n) is 16.7. The van der Waals surface area contributed by atoms with E-state index in [2.05, 4.69) is 5.32 Å². The second-order valence-electron chi connectivity index (χ2n) is 13.0. The van der Waals surface area contributed by atoms with Crippen molar-refractivity contribution >= 4 is 29.7 Å². The Bertz CT molecular complexity index is 1940. The fourth-order valence-corrected chi connectivity index (χ4v) is 7.04. The van der Waals surface area contributed by atoms with Crippen LogP contribution in [0.25, 0.3) is 11.8 Å². The molecule has 0 spiro atoms. The van der Waals surface area contributed by atoms with Crippen LogP contribution >= 0.6 is 0 Å². The van der Waals surface area contributed by atoms with Crippen molar-refractivity contribution in [3.8, 4) is 23.0 Å². The first-order valence-corrected chi connectivity index (χ1v) is 16.7. The fourth-order valence-electron chi connectivity index (χ4n) is 7.04. The number of ether oxygens (including phenoxy) is 3. The number of aryl methyl sites for hydroxylation is 1. The molecular formula is C38H41NO14. The van der Waals surface area contributed by atoms with Crippen molar-refractivity contribution in [2.75, 3.05) is 13.7 Å². The van der Waals surface area contributed by atoms with E-state index in [-0.39, 0.29) is 30.6 Å². The maximum Gasteiger partial charge on any atom is 0.336 e. The van der Waals surface area contributed by atoms with E-state index in [9.17, 15) is 55.2 Å². The number of nitrogens with one attached hydrogen (secondary N) is 1. The van der Waals surface area contributed by atoms with Crippen molar-refractivity contribution in [2.45, 2.75) is 61.7 Å². The Morgan fingerprint density at radius 1 is 0.906 bits per heavy atom. The van der Waals surface area contributed by atoms with Crippen LogP contribution in [0, 0.1) is 5.92 Å². The minimum Gasteiger partial charge on any atom is -0.507 e. The molecule has 6 atom stereocenters. The minimum atomic E-state index is -2.70. The van der Waals surface area contributed by atoms with E-state index in [4.69, 9.17) is 14.2 Å². The summed E-state index contributed by atoms with van der Waals surface area (Å²) >= 11 is 0. The Morgan fingerprint density at radius 3 is 2.23 bits per heavy atom. The van der Waals surface area contributed by atoms with Crippen LogP contribution in [-0.4, -0.2) is 102 Å². The van der Waals surface area contributed by atoms with E-state index in [0.29, 0.717) is 18.1 Å². The Kier molecular flexibility index (Phi) is 11.0. The van der Waals surface area contributed by atoms with E-state index in [1.807, 2.05) is 13.0 Å². The van der Waals surface area contributed by atoms with Gasteiger partial charge >= 0.3 is 17.9 Å². The number of carboxylic acids is 1. The molecule has 15 nitrogen and oxygen atoms in total. The van der Waals surface area contributed by atoms with Crippen molar-refractivity contribution < 1.29 is 69.4 Å². The zero-order valence-electron chi connectivity index (χ0n) is 28.8. The third-order valence-corrected chi connectivity index (χ3v) is 9.89. The molecular weight excluding hydrogens is 694 g/mol. The maximum atomic E-state index is 13.8. The number of aliphatic carboxylic acids is 1. The molecule has 3 aromatic carbocycles. The number of phenolic OH excluding ortho intramolecular Hbond substituents is 4. The Hall–Kier alpha value is -5.61. The van der Waals surface area contributed by atoms with Crippen molar-refractivity contribution in [1.29, 1.82) is 0 Å². The minimum absolute atomic E-state index is 0.118. The smallest absolute Gasteiger partial charge is 0.336 e. The van der Waals surface area contributed by atoms with Gasteiger partial charge < -0.3 is 55.1 Å². The van der Waals surface area contributed by atoms with Crippen LogP contribution in [-0.2, 0) is 41.4 Å². The van der Waals surface area contributed by atoms with Gasteiger partial charge in [0.2, 0.25) is 5.60 Å². The summed E-state index contributed by atoms with van der Waals surface area (Å²) < 4.78 is 18.0. The highest BCUT2D eigenvalue weighted by atomic mass is 16.6. The second kappa shape index (κ2) is 15.2. The third kappa shape index (κ3) is 7.50. The van der Waals surface area contributed by atoms with Gasteiger partial charge in [0.05, 0.1) is 12.7 Å². The number of hydrogen-bond donors (Lipinski definition) is 9. The van der Waals surface area contributed by atoms with Crippen molar-refractivity contribution in [3.05, 3.63) is 95.1 Å². The molecule has 1 aliphatic carbocycles. The van der Waals surface area contributed by atoms with Crippen molar-refractivity contribution in [3.63, 3.8) is 0 Å². The van der Waals surface area contributed by atoms with E-state index in [0.717, 1.165) is 23.8 Å². The zero-order valence-corrected chi connectivity index (χ0v) is 28.8. The molecule has 2 aliphatic rings. The number of fused-ring (bicyclic) bond motifs is 1. The molecule has 2 fully saturated rings. The monoisotopic (exact) mass is 735 g/mol. The molecule has 0 bridgehead atoms. The van der Waals surface area contributed by atoms with Crippen LogP contribution in [0.5, 0.6) is 23.0 Å². The molecule has 1 heterocycles. The van der Waals surface area contributed by atoms with Crippen LogP contribution in [0.15, 0.2) is 72.8 Å². The van der Waals surface area contributed by atoms with Gasteiger partial charge in [-0.3, -0.25) is 5.32 Å². The molecule has 0 aromatic heterocycles.